The van der Waals surface area contributed by atoms with E-state index in [9.17, 15) is 13.2 Å². The second-order valence-electron chi connectivity index (χ2n) is 7.16. The fourth-order valence-corrected chi connectivity index (χ4v) is 5.49. The second-order valence-corrected chi connectivity index (χ2v) is 9.38. The molecule has 8 heteroatoms. The van der Waals surface area contributed by atoms with Crippen LogP contribution in [-0.4, -0.2) is 41.8 Å². The van der Waals surface area contributed by atoms with Gasteiger partial charge in [-0.15, -0.1) is 0 Å². The molecule has 2 aliphatic rings. The lowest BCUT2D eigenvalue weighted by molar-refractivity contribution is -0.125. The summed E-state index contributed by atoms with van der Waals surface area (Å²) in [5.74, 6) is 0.418. The number of aryl methyl sites for hydroxylation is 1. The van der Waals surface area contributed by atoms with Crippen LogP contribution >= 0.6 is 0 Å². The molecule has 2 heterocycles. The zero-order valence-corrected chi connectivity index (χ0v) is 15.7. The van der Waals surface area contributed by atoms with E-state index in [1.165, 1.54) is 6.42 Å². The minimum Gasteiger partial charge on any atom is -0.273 e. The van der Waals surface area contributed by atoms with Crippen molar-refractivity contribution >= 4 is 22.0 Å². The smallest absolute Gasteiger partial charge is 0.243 e. The highest BCUT2D eigenvalue weighted by molar-refractivity contribution is 7.91. The SMILES string of the molecule is Cc1nn([C@H]2CCS(=O)(=O)C2)c(C)c1/C=N\NC(=O)C1CCCCC1. The van der Waals surface area contributed by atoms with Crippen molar-refractivity contribution in [2.45, 2.75) is 58.4 Å². The lowest BCUT2D eigenvalue weighted by atomic mass is 9.89. The molecule has 2 fully saturated rings. The van der Waals surface area contributed by atoms with Crippen LogP contribution in [0.4, 0.5) is 0 Å². The van der Waals surface area contributed by atoms with Crippen LogP contribution in [0.25, 0.3) is 0 Å². The van der Waals surface area contributed by atoms with Crippen molar-refractivity contribution in [2.75, 3.05) is 11.5 Å². The lowest BCUT2D eigenvalue weighted by Gasteiger charge is -2.19. The summed E-state index contributed by atoms with van der Waals surface area (Å²) >= 11 is 0. The first-order valence-electron chi connectivity index (χ1n) is 8.96. The molecule has 1 aromatic rings. The van der Waals surface area contributed by atoms with Crippen molar-refractivity contribution in [1.82, 2.24) is 15.2 Å². The van der Waals surface area contributed by atoms with E-state index in [2.05, 4.69) is 15.6 Å². The van der Waals surface area contributed by atoms with Crippen LogP contribution in [0.1, 0.15) is 61.5 Å². The molecule has 1 atom stereocenters. The van der Waals surface area contributed by atoms with E-state index in [0.29, 0.717) is 6.42 Å². The number of rotatable bonds is 4. The number of sulfone groups is 1. The highest BCUT2D eigenvalue weighted by Crippen LogP contribution is 2.26. The van der Waals surface area contributed by atoms with Gasteiger partial charge < -0.3 is 0 Å². The Bertz CT molecular complexity index is 776. The van der Waals surface area contributed by atoms with E-state index >= 15 is 0 Å². The predicted octanol–water partition coefficient (Wildman–Crippen LogP) is 1.89. The molecule has 0 spiro atoms. The first-order chi connectivity index (χ1) is 11.9. The fraction of sp³-hybridized carbons (Fsp3) is 0.706. The summed E-state index contributed by atoms with van der Waals surface area (Å²) in [6.45, 7) is 3.78. The molecule has 1 aliphatic carbocycles. The van der Waals surface area contributed by atoms with Gasteiger partial charge in [0.1, 0.15) is 0 Å². The van der Waals surface area contributed by atoms with Crippen LogP contribution in [0.3, 0.4) is 0 Å². The number of hydrogen-bond acceptors (Lipinski definition) is 5. The van der Waals surface area contributed by atoms with Crippen LogP contribution in [0.2, 0.25) is 0 Å². The first-order valence-corrected chi connectivity index (χ1v) is 10.8. The predicted molar refractivity (Wildman–Crippen MR) is 96.3 cm³/mol. The van der Waals surface area contributed by atoms with Gasteiger partial charge in [0.05, 0.1) is 29.5 Å². The number of hydrogen-bond donors (Lipinski definition) is 1. The Morgan fingerprint density at radius 3 is 2.60 bits per heavy atom. The fourth-order valence-electron chi connectivity index (χ4n) is 3.80. The number of hydrazone groups is 1. The third-order valence-corrected chi connectivity index (χ3v) is 7.03. The van der Waals surface area contributed by atoms with E-state index in [1.54, 1.807) is 10.9 Å². The van der Waals surface area contributed by atoms with Crippen LogP contribution in [0, 0.1) is 19.8 Å². The highest BCUT2D eigenvalue weighted by Gasteiger charge is 2.31. The minimum absolute atomic E-state index is 0.0134. The van der Waals surface area contributed by atoms with E-state index in [-0.39, 0.29) is 29.4 Å². The van der Waals surface area contributed by atoms with E-state index in [0.717, 1.165) is 42.6 Å². The summed E-state index contributed by atoms with van der Waals surface area (Å²) in [6, 6.07) is -0.109. The quantitative estimate of drug-likeness (QED) is 0.650. The van der Waals surface area contributed by atoms with Gasteiger partial charge in [0, 0.05) is 17.2 Å². The maximum absolute atomic E-state index is 12.1. The Morgan fingerprint density at radius 2 is 1.96 bits per heavy atom. The Hall–Kier alpha value is -1.70. The molecule has 1 amide bonds. The van der Waals surface area contributed by atoms with Gasteiger partial charge in [0.15, 0.2) is 9.84 Å². The van der Waals surface area contributed by atoms with Gasteiger partial charge in [-0.1, -0.05) is 19.3 Å². The molecule has 1 N–H and O–H groups in total. The average Bonchev–Trinajstić information content (AvgIpc) is 3.08. The van der Waals surface area contributed by atoms with Crippen LogP contribution < -0.4 is 5.43 Å². The molecule has 1 saturated carbocycles. The topological polar surface area (TPSA) is 93.4 Å². The summed E-state index contributed by atoms with van der Waals surface area (Å²) in [5, 5.41) is 8.60. The Labute approximate surface area is 148 Å². The number of nitrogens with one attached hydrogen (secondary N) is 1. The normalized spacial score (nSPS) is 24.0. The molecule has 1 aromatic heterocycles. The zero-order chi connectivity index (χ0) is 18.0. The summed E-state index contributed by atoms with van der Waals surface area (Å²) in [4.78, 5) is 12.1. The minimum atomic E-state index is -2.96. The monoisotopic (exact) mass is 366 g/mol. The van der Waals surface area contributed by atoms with Gasteiger partial charge in [-0.25, -0.2) is 13.8 Å². The van der Waals surface area contributed by atoms with Gasteiger partial charge >= 0.3 is 0 Å². The number of carbonyl (C=O) groups excluding carboxylic acids is 1. The largest absolute Gasteiger partial charge is 0.273 e. The van der Waals surface area contributed by atoms with Gasteiger partial charge in [-0.2, -0.15) is 10.2 Å². The second kappa shape index (κ2) is 7.27. The van der Waals surface area contributed by atoms with Crippen molar-refractivity contribution in [1.29, 1.82) is 0 Å². The molecule has 0 radical (unpaired) electrons. The molecule has 138 valence electrons. The highest BCUT2D eigenvalue weighted by atomic mass is 32.2. The van der Waals surface area contributed by atoms with Crippen molar-refractivity contribution < 1.29 is 13.2 Å². The molecule has 1 aliphatic heterocycles. The zero-order valence-electron chi connectivity index (χ0n) is 14.9. The van der Waals surface area contributed by atoms with Gasteiger partial charge in [0.25, 0.3) is 0 Å². The van der Waals surface area contributed by atoms with Crippen molar-refractivity contribution in [2.24, 2.45) is 11.0 Å². The van der Waals surface area contributed by atoms with Crippen molar-refractivity contribution in [3.63, 3.8) is 0 Å². The lowest BCUT2D eigenvalue weighted by Crippen LogP contribution is -2.28. The molecular weight excluding hydrogens is 340 g/mol. The molecule has 25 heavy (non-hydrogen) atoms. The van der Waals surface area contributed by atoms with E-state index < -0.39 is 9.84 Å². The van der Waals surface area contributed by atoms with Crippen LogP contribution in [-0.2, 0) is 14.6 Å². The Balaban J connectivity index is 1.67. The maximum Gasteiger partial charge on any atom is 0.243 e. The molecule has 1 saturated heterocycles. The summed E-state index contributed by atoms with van der Waals surface area (Å²) in [5.41, 5.74) is 5.16. The van der Waals surface area contributed by atoms with Crippen molar-refractivity contribution in [3.05, 3.63) is 17.0 Å². The summed E-state index contributed by atoms with van der Waals surface area (Å²) < 4.78 is 25.2. The standard InChI is InChI=1S/C17H26N4O3S/c1-12-16(10-18-19-17(22)14-6-4-3-5-7-14)13(2)21(20-12)15-8-9-25(23,24)11-15/h10,14-15H,3-9,11H2,1-2H3,(H,19,22)/b18-10-/t15-/m0/s1. The number of aromatic nitrogens is 2. The summed E-state index contributed by atoms with van der Waals surface area (Å²) in [6.07, 6.45) is 7.52. The number of nitrogens with zero attached hydrogens (tertiary/aromatic N) is 3. The van der Waals surface area contributed by atoms with E-state index in [4.69, 9.17) is 0 Å². The third kappa shape index (κ3) is 4.11. The number of amides is 1. The molecule has 3 rings (SSSR count). The van der Waals surface area contributed by atoms with Gasteiger partial charge in [-0.05, 0) is 33.1 Å². The Morgan fingerprint density at radius 1 is 1.24 bits per heavy atom. The third-order valence-electron chi connectivity index (χ3n) is 5.28. The van der Waals surface area contributed by atoms with E-state index in [1.807, 2.05) is 13.8 Å². The van der Waals surface area contributed by atoms with Gasteiger partial charge in [-0.3, -0.25) is 9.48 Å². The number of carbonyl (C=O) groups is 1. The molecule has 0 unspecified atom stereocenters. The molecule has 0 bridgehead atoms. The Kier molecular flexibility index (Phi) is 5.27. The first kappa shape index (κ1) is 18.1. The molecular formula is C17H26N4O3S. The molecule has 7 nitrogen and oxygen atoms in total. The molecule has 0 aromatic carbocycles. The van der Waals surface area contributed by atoms with Crippen molar-refractivity contribution in [3.8, 4) is 0 Å². The average molecular weight is 366 g/mol. The summed E-state index contributed by atoms with van der Waals surface area (Å²) in [7, 11) is -2.96. The maximum atomic E-state index is 12.1. The van der Waals surface area contributed by atoms with Crippen LogP contribution in [0.5, 0.6) is 0 Å². The van der Waals surface area contributed by atoms with Crippen LogP contribution in [0.15, 0.2) is 5.10 Å². The van der Waals surface area contributed by atoms with Gasteiger partial charge in [0.2, 0.25) is 5.91 Å².